The van der Waals surface area contributed by atoms with E-state index >= 15 is 0 Å². The van der Waals surface area contributed by atoms with Crippen molar-refractivity contribution in [1.29, 1.82) is 0 Å². The molecule has 0 aliphatic carbocycles. The van der Waals surface area contributed by atoms with Crippen molar-refractivity contribution in [2.45, 2.75) is 4.90 Å². The summed E-state index contributed by atoms with van der Waals surface area (Å²) in [7, 11) is -7.72. The standard InChI is InChI=1S/C10H11FO6S2/c1-18(14,15)4-5-19(16,17)9-6-7(10(12)13)2-3-8(9)11/h2-3,6H,4-5H2,1H3,(H,12,13). The molecule has 0 aliphatic rings. The molecule has 0 atom stereocenters. The van der Waals surface area contributed by atoms with E-state index in [4.69, 9.17) is 5.11 Å². The van der Waals surface area contributed by atoms with Crippen LogP contribution in [0.3, 0.4) is 0 Å². The van der Waals surface area contributed by atoms with Crippen LogP contribution in [0.1, 0.15) is 10.4 Å². The van der Waals surface area contributed by atoms with Gasteiger partial charge < -0.3 is 5.11 Å². The molecule has 6 nitrogen and oxygen atoms in total. The highest BCUT2D eigenvalue weighted by molar-refractivity contribution is 7.94. The summed E-state index contributed by atoms with van der Waals surface area (Å²) in [5, 5.41) is 8.71. The van der Waals surface area contributed by atoms with E-state index in [9.17, 15) is 26.0 Å². The molecular weight excluding hydrogens is 299 g/mol. The van der Waals surface area contributed by atoms with Gasteiger partial charge in [-0.05, 0) is 18.2 Å². The third kappa shape index (κ3) is 4.28. The van der Waals surface area contributed by atoms with E-state index in [1.165, 1.54) is 0 Å². The van der Waals surface area contributed by atoms with Crippen LogP contribution >= 0.6 is 0 Å². The summed E-state index contributed by atoms with van der Waals surface area (Å²) < 4.78 is 58.8. The minimum Gasteiger partial charge on any atom is -0.478 e. The fraction of sp³-hybridized carbons (Fsp3) is 0.300. The van der Waals surface area contributed by atoms with Crippen LogP contribution in [0.2, 0.25) is 0 Å². The fourth-order valence-corrected chi connectivity index (χ4v) is 4.23. The Labute approximate surface area is 109 Å². The van der Waals surface area contributed by atoms with E-state index in [1.54, 1.807) is 0 Å². The number of hydrogen-bond donors (Lipinski definition) is 1. The highest BCUT2D eigenvalue weighted by Crippen LogP contribution is 2.18. The SMILES string of the molecule is CS(=O)(=O)CCS(=O)(=O)c1cc(C(=O)O)ccc1F. The van der Waals surface area contributed by atoms with Gasteiger partial charge in [0.15, 0.2) is 9.84 Å². The number of sulfone groups is 2. The highest BCUT2D eigenvalue weighted by Gasteiger charge is 2.22. The maximum atomic E-state index is 13.4. The number of carboxylic acid groups (broad SMARTS) is 1. The molecular formula is C10H11FO6S2. The molecule has 0 saturated carbocycles. The molecule has 0 saturated heterocycles. The normalized spacial score (nSPS) is 12.3. The summed E-state index contributed by atoms with van der Waals surface area (Å²) in [5.41, 5.74) is -0.390. The van der Waals surface area contributed by atoms with Gasteiger partial charge in [-0.25, -0.2) is 26.0 Å². The van der Waals surface area contributed by atoms with Gasteiger partial charge in [0.05, 0.1) is 17.1 Å². The smallest absolute Gasteiger partial charge is 0.335 e. The molecule has 0 bridgehead atoms. The van der Waals surface area contributed by atoms with Gasteiger partial charge in [-0.3, -0.25) is 0 Å². The zero-order chi connectivity index (χ0) is 14.8. The van der Waals surface area contributed by atoms with E-state index in [0.29, 0.717) is 6.07 Å². The molecule has 0 spiro atoms. The summed E-state index contributed by atoms with van der Waals surface area (Å²) in [6.07, 6.45) is 0.854. The average Bonchev–Trinajstić information content (AvgIpc) is 2.25. The number of carbonyl (C=O) groups is 1. The molecule has 0 radical (unpaired) electrons. The summed E-state index contributed by atoms with van der Waals surface area (Å²) >= 11 is 0. The topological polar surface area (TPSA) is 106 Å². The Morgan fingerprint density at radius 2 is 1.79 bits per heavy atom. The molecule has 0 fully saturated rings. The van der Waals surface area contributed by atoms with Gasteiger partial charge in [-0.2, -0.15) is 0 Å². The predicted molar refractivity (Wildman–Crippen MR) is 65.1 cm³/mol. The van der Waals surface area contributed by atoms with Crippen LogP contribution in [0.25, 0.3) is 0 Å². The average molecular weight is 310 g/mol. The van der Waals surface area contributed by atoms with E-state index < -0.39 is 47.9 Å². The first-order chi connectivity index (χ1) is 8.53. The van der Waals surface area contributed by atoms with Gasteiger partial charge in [-0.1, -0.05) is 0 Å². The molecule has 19 heavy (non-hydrogen) atoms. The molecule has 1 N–H and O–H groups in total. The minimum absolute atomic E-state index is 0.390. The number of benzene rings is 1. The fourth-order valence-electron chi connectivity index (χ4n) is 1.25. The lowest BCUT2D eigenvalue weighted by Gasteiger charge is -2.06. The van der Waals surface area contributed by atoms with Crippen molar-refractivity contribution in [2.75, 3.05) is 17.8 Å². The lowest BCUT2D eigenvalue weighted by Crippen LogP contribution is -2.17. The van der Waals surface area contributed by atoms with E-state index in [2.05, 4.69) is 0 Å². The van der Waals surface area contributed by atoms with E-state index in [1.807, 2.05) is 0 Å². The first-order valence-electron chi connectivity index (χ1n) is 4.96. The first kappa shape index (κ1) is 15.6. The Morgan fingerprint density at radius 3 is 2.26 bits per heavy atom. The second-order valence-electron chi connectivity index (χ2n) is 3.90. The number of halogens is 1. The highest BCUT2D eigenvalue weighted by atomic mass is 32.2. The lowest BCUT2D eigenvalue weighted by atomic mass is 10.2. The summed E-state index contributed by atoms with van der Waals surface area (Å²) in [6.45, 7) is 0. The van der Waals surface area contributed by atoms with Crippen molar-refractivity contribution < 1.29 is 31.1 Å². The van der Waals surface area contributed by atoms with Gasteiger partial charge in [0, 0.05) is 6.26 Å². The molecule has 1 aromatic rings. The molecule has 9 heteroatoms. The van der Waals surface area contributed by atoms with Crippen LogP contribution in [0.5, 0.6) is 0 Å². The molecule has 0 unspecified atom stereocenters. The van der Waals surface area contributed by atoms with Gasteiger partial charge in [-0.15, -0.1) is 0 Å². The molecule has 0 aromatic heterocycles. The van der Waals surface area contributed by atoms with Crippen molar-refractivity contribution in [2.24, 2.45) is 0 Å². The first-order valence-corrected chi connectivity index (χ1v) is 8.67. The van der Waals surface area contributed by atoms with Gasteiger partial charge in [0.2, 0.25) is 0 Å². The molecule has 0 aliphatic heterocycles. The summed E-state index contributed by atoms with van der Waals surface area (Å²) in [4.78, 5) is 9.89. The summed E-state index contributed by atoms with van der Waals surface area (Å²) in [5.74, 6) is -3.98. The van der Waals surface area contributed by atoms with Crippen molar-refractivity contribution in [3.63, 3.8) is 0 Å². The second-order valence-corrected chi connectivity index (χ2v) is 8.24. The lowest BCUT2D eigenvalue weighted by molar-refractivity contribution is 0.0696. The molecule has 0 amide bonds. The van der Waals surface area contributed by atoms with Crippen LogP contribution in [0.4, 0.5) is 4.39 Å². The van der Waals surface area contributed by atoms with Crippen LogP contribution in [0, 0.1) is 5.82 Å². The van der Waals surface area contributed by atoms with Crippen molar-refractivity contribution >= 4 is 25.6 Å². The number of rotatable bonds is 5. The monoisotopic (exact) mass is 310 g/mol. The molecule has 1 rings (SSSR count). The van der Waals surface area contributed by atoms with E-state index in [0.717, 1.165) is 18.4 Å². The number of carboxylic acids is 1. The number of aromatic carboxylic acids is 1. The molecule has 1 aromatic carbocycles. The van der Waals surface area contributed by atoms with E-state index in [-0.39, 0.29) is 5.56 Å². The Kier molecular flexibility index (Phi) is 4.31. The maximum Gasteiger partial charge on any atom is 0.335 e. The minimum atomic E-state index is -4.20. The van der Waals surface area contributed by atoms with Crippen LogP contribution in [-0.2, 0) is 19.7 Å². The van der Waals surface area contributed by atoms with Crippen LogP contribution in [-0.4, -0.2) is 45.7 Å². The van der Waals surface area contributed by atoms with Gasteiger partial charge in [0.25, 0.3) is 0 Å². The second kappa shape index (κ2) is 5.25. The number of hydrogen-bond acceptors (Lipinski definition) is 5. The van der Waals surface area contributed by atoms with Crippen LogP contribution < -0.4 is 0 Å². The van der Waals surface area contributed by atoms with Crippen molar-refractivity contribution in [3.05, 3.63) is 29.6 Å². The third-order valence-corrected chi connectivity index (χ3v) is 5.16. The predicted octanol–water partition coefficient (Wildman–Crippen LogP) is 0.342. The summed E-state index contributed by atoms with van der Waals surface area (Å²) in [6, 6.07) is 2.32. The zero-order valence-corrected chi connectivity index (χ0v) is 11.5. The third-order valence-electron chi connectivity index (χ3n) is 2.24. The maximum absolute atomic E-state index is 13.4. The van der Waals surface area contributed by atoms with Crippen LogP contribution in [0.15, 0.2) is 23.1 Å². The van der Waals surface area contributed by atoms with Crippen molar-refractivity contribution in [3.8, 4) is 0 Å². The molecule has 106 valence electrons. The quantitative estimate of drug-likeness (QED) is 0.841. The Morgan fingerprint density at radius 1 is 1.21 bits per heavy atom. The Bertz CT molecular complexity index is 706. The van der Waals surface area contributed by atoms with Gasteiger partial charge in [0.1, 0.15) is 20.5 Å². The Hall–Kier alpha value is -1.48. The van der Waals surface area contributed by atoms with Gasteiger partial charge >= 0.3 is 5.97 Å². The largest absolute Gasteiger partial charge is 0.478 e. The van der Waals surface area contributed by atoms with Crippen molar-refractivity contribution in [1.82, 2.24) is 0 Å². The zero-order valence-electron chi connectivity index (χ0n) is 9.83. The Balaban J connectivity index is 3.21. The molecule has 0 heterocycles.